The first-order valence-electron chi connectivity index (χ1n) is 9.24. The quantitative estimate of drug-likeness (QED) is 0.340. The molecule has 4 aromatic rings. The molecule has 6 heteroatoms. The van der Waals surface area contributed by atoms with Gasteiger partial charge in [0.15, 0.2) is 6.23 Å². The second kappa shape index (κ2) is 7.77. The zero-order valence-corrected chi connectivity index (χ0v) is 16.1. The number of nitrogens with one attached hydrogen (secondary N) is 2. The summed E-state index contributed by atoms with van der Waals surface area (Å²) in [5, 5.41) is 18.6. The van der Waals surface area contributed by atoms with E-state index >= 15 is 0 Å². The Balaban J connectivity index is 1.75. The summed E-state index contributed by atoms with van der Waals surface area (Å²) in [6, 6.07) is 20.9. The Morgan fingerprint density at radius 1 is 1.00 bits per heavy atom. The number of rotatable bonds is 4. The molecule has 0 spiro atoms. The molecule has 0 fully saturated rings. The second-order valence-corrected chi connectivity index (χ2v) is 6.81. The summed E-state index contributed by atoms with van der Waals surface area (Å²) >= 11 is 0. The van der Waals surface area contributed by atoms with Crippen LogP contribution in [0.25, 0.3) is 21.8 Å². The number of aromatic nitrogens is 1. The highest BCUT2D eigenvalue weighted by molar-refractivity contribution is 6.07. The van der Waals surface area contributed by atoms with Crippen LogP contribution < -0.4 is 10.6 Å². The highest BCUT2D eigenvalue weighted by Crippen LogP contribution is 2.33. The first kappa shape index (κ1) is 18.7. The van der Waals surface area contributed by atoms with Crippen molar-refractivity contribution >= 4 is 39.3 Å². The first-order chi connectivity index (χ1) is 14.0. The van der Waals surface area contributed by atoms with E-state index in [-0.39, 0.29) is 0 Å². The average molecular weight is 387 g/mol. The Hall–Kier alpha value is -3.64. The molecule has 0 aliphatic heterocycles. The van der Waals surface area contributed by atoms with Crippen LogP contribution in [0.4, 0.5) is 16.2 Å². The Morgan fingerprint density at radius 3 is 2.62 bits per heavy atom. The van der Waals surface area contributed by atoms with Crippen LogP contribution in [0.2, 0.25) is 0 Å². The third-order valence-corrected chi connectivity index (χ3v) is 4.75. The molecule has 6 nitrogen and oxygen atoms in total. The van der Waals surface area contributed by atoms with E-state index in [0.717, 1.165) is 33.1 Å². The molecule has 0 saturated heterocycles. The van der Waals surface area contributed by atoms with Gasteiger partial charge in [0.1, 0.15) is 0 Å². The zero-order chi connectivity index (χ0) is 20.4. The van der Waals surface area contributed by atoms with Crippen LogP contribution >= 0.6 is 0 Å². The van der Waals surface area contributed by atoms with Crippen molar-refractivity contribution in [1.82, 2.24) is 4.98 Å². The Bertz CT molecular complexity index is 1210. The van der Waals surface area contributed by atoms with E-state index in [1.54, 1.807) is 24.3 Å². The number of carbonyl (C=O) groups excluding carboxylic acids is 1. The lowest BCUT2D eigenvalue weighted by Crippen LogP contribution is -2.13. The molecule has 3 N–H and O–H groups in total. The first-order valence-corrected chi connectivity index (χ1v) is 9.24. The fourth-order valence-electron chi connectivity index (χ4n) is 3.33. The van der Waals surface area contributed by atoms with Crippen LogP contribution in [0, 0.1) is 6.92 Å². The second-order valence-electron chi connectivity index (χ2n) is 6.81. The monoisotopic (exact) mass is 387 g/mol. The SMILES string of the molecule is COC(=O)Nc1cccc(C(O)Nc2c3ccccc3nc3cc(C)ccc23)c1. The van der Waals surface area contributed by atoms with Gasteiger partial charge in [0, 0.05) is 22.0 Å². The van der Waals surface area contributed by atoms with Gasteiger partial charge in [0.05, 0.1) is 23.8 Å². The van der Waals surface area contributed by atoms with Crippen LogP contribution in [0.15, 0.2) is 66.7 Å². The minimum absolute atomic E-state index is 0.537. The van der Waals surface area contributed by atoms with E-state index in [2.05, 4.69) is 15.4 Å². The molecule has 1 unspecified atom stereocenters. The lowest BCUT2D eigenvalue weighted by Gasteiger charge is -2.19. The van der Waals surface area contributed by atoms with Gasteiger partial charge in [-0.25, -0.2) is 9.78 Å². The maximum atomic E-state index is 11.5. The maximum absolute atomic E-state index is 11.5. The van der Waals surface area contributed by atoms with Crippen molar-refractivity contribution in [2.24, 2.45) is 0 Å². The summed E-state index contributed by atoms with van der Waals surface area (Å²) in [5.41, 5.74) is 4.79. The number of aliphatic hydroxyl groups is 1. The van der Waals surface area contributed by atoms with E-state index < -0.39 is 12.3 Å². The van der Waals surface area contributed by atoms with Gasteiger partial charge in [-0.3, -0.25) is 5.32 Å². The molecular formula is C23H21N3O3. The minimum Gasteiger partial charge on any atom is -0.453 e. The van der Waals surface area contributed by atoms with Gasteiger partial charge in [-0.1, -0.05) is 42.5 Å². The van der Waals surface area contributed by atoms with Gasteiger partial charge in [-0.2, -0.15) is 0 Å². The van der Waals surface area contributed by atoms with Gasteiger partial charge >= 0.3 is 6.09 Å². The highest BCUT2D eigenvalue weighted by Gasteiger charge is 2.14. The molecule has 0 aliphatic rings. The van der Waals surface area contributed by atoms with E-state index in [4.69, 9.17) is 4.98 Å². The maximum Gasteiger partial charge on any atom is 0.411 e. The number of hydrogen-bond acceptors (Lipinski definition) is 5. The molecule has 3 aromatic carbocycles. The number of amides is 1. The van der Waals surface area contributed by atoms with E-state index in [0.29, 0.717) is 11.3 Å². The smallest absolute Gasteiger partial charge is 0.411 e. The standard InChI is InChI=1S/C23H21N3O3/c1-14-10-11-18-20(12-14)25-19-9-4-3-8-17(19)21(18)26-22(27)15-6-5-7-16(13-15)24-23(28)29-2/h3-13,22,27H,1-2H3,(H,24,28)(H,25,26). The molecule has 1 atom stereocenters. The van der Waals surface area contributed by atoms with Gasteiger partial charge in [0.2, 0.25) is 0 Å². The predicted octanol–water partition coefficient (Wildman–Crippen LogP) is 4.98. The van der Waals surface area contributed by atoms with Crippen LogP contribution in [0.5, 0.6) is 0 Å². The number of aryl methyl sites for hydroxylation is 1. The fraction of sp³-hybridized carbons (Fsp3) is 0.130. The van der Waals surface area contributed by atoms with Crippen molar-refractivity contribution < 1.29 is 14.6 Å². The topological polar surface area (TPSA) is 83.5 Å². The predicted molar refractivity (Wildman–Crippen MR) is 115 cm³/mol. The Kier molecular flexibility index (Phi) is 5.01. The van der Waals surface area contributed by atoms with E-state index in [1.165, 1.54) is 7.11 Å². The van der Waals surface area contributed by atoms with Crippen LogP contribution in [-0.4, -0.2) is 23.3 Å². The van der Waals surface area contributed by atoms with E-state index in [1.807, 2.05) is 49.4 Å². The molecule has 0 bridgehead atoms. The lowest BCUT2D eigenvalue weighted by atomic mass is 10.1. The van der Waals surface area contributed by atoms with Crippen LogP contribution in [0.1, 0.15) is 17.4 Å². The number of fused-ring (bicyclic) bond motifs is 2. The molecule has 4 rings (SSSR count). The minimum atomic E-state index is -0.982. The number of hydrogen-bond donors (Lipinski definition) is 3. The average Bonchev–Trinajstić information content (AvgIpc) is 2.73. The number of methoxy groups -OCH3 is 1. The van der Waals surface area contributed by atoms with E-state index in [9.17, 15) is 9.90 Å². The van der Waals surface area contributed by atoms with Gasteiger partial charge in [0.25, 0.3) is 0 Å². The highest BCUT2D eigenvalue weighted by atomic mass is 16.5. The summed E-state index contributed by atoms with van der Waals surface area (Å²) in [7, 11) is 1.30. The number of ether oxygens (including phenoxy) is 1. The molecule has 146 valence electrons. The normalized spacial score (nSPS) is 12.0. The van der Waals surface area contributed by atoms with Gasteiger partial charge < -0.3 is 15.2 Å². The number of carbonyl (C=O) groups is 1. The van der Waals surface area contributed by atoms with Crippen LogP contribution in [0.3, 0.4) is 0 Å². The summed E-state index contributed by atoms with van der Waals surface area (Å²) in [6.45, 7) is 2.03. The van der Waals surface area contributed by atoms with Crippen molar-refractivity contribution in [3.63, 3.8) is 0 Å². The summed E-state index contributed by atoms with van der Waals surface area (Å²) in [4.78, 5) is 16.2. The zero-order valence-electron chi connectivity index (χ0n) is 16.1. The van der Waals surface area contributed by atoms with Crippen molar-refractivity contribution in [1.29, 1.82) is 0 Å². The molecule has 1 aromatic heterocycles. The summed E-state index contributed by atoms with van der Waals surface area (Å²) in [6.07, 6.45) is -1.55. The van der Waals surface area contributed by atoms with Crippen molar-refractivity contribution in [2.75, 3.05) is 17.7 Å². The largest absolute Gasteiger partial charge is 0.453 e. The number of benzene rings is 3. The number of para-hydroxylation sites is 1. The number of anilines is 2. The van der Waals surface area contributed by atoms with Gasteiger partial charge in [-0.15, -0.1) is 0 Å². The summed E-state index contributed by atoms with van der Waals surface area (Å²) < 4.78 is 4.62. The molecule has 29 heavy (non-hydrogen) atoms. The molecular weight excluding hydrogens is 366 g/mol. The third kappa shape index (κ3) is 3.83. The Labute approximate surface area is 168 Å². The lowest BCUT2D eigenvalue weighted by molar-refractivity contribution is 0.187. The molecule has 1 heterocycles. The fourth-order valence-corrected chi connectivity index (χ4v) is 3.33. The summed E-state index contributed by atoms with van der Waals surface area (Å²) in [5.74, 6) is 0. The van der Waals surface area contributed by atoms with Gasteiger partial charge in [-0.05, 0) is 36.8 Å². The third-order valence-electron chi connectivity index (χ3n) is 4.75. The number of nitrogens with zero attached hydrogens (tertiary/aromatic N) is 1. The number of aliphatic hydroxyl groups excluding tert-OH is 1. The number of pyridine rings is 1. The van der Waals surface area contributed by atoms with Crippen molar-refractivity contribution in [3.8, 4) is 0 Å². The molecule has 0 radical (unpaired) electrons. The van der Waals surface area contributed by atoms with Crippen molar-refractivity contribution in [3.05, 3.63) is 77.9 Å². The molecule has 0 saturated carbocycles. The Morgan fingerprint density at radius 2 is 1.79 bits per heavy atom. The van der Waals surface area contributed by atoms with Crippen molar-refractivity contribution in [2.45, 2.75) is 13.2 Å². The molecule has 0 aliphatic carbocycles. The van der Waals surface area contributed by atoms with Crippen LogP contribution in [-0.2, 0) is 4.74 Å². The molecule has 1 amide bonds.